The molecule has 2 rings (SSSR count). The zero-order chi connectivity index (χ0) is 8.55. The highest BCUT2D eigenvalue weighted by molar-refractivity contribution is 5.77. The van der Waals surface area contributed by atoms with Gasteiger partial charge in [-0.3, -0.25) is 0 Å². The van der Waals surface area contributed by atoms with Crippen LogP contribution in [0.3, 0.4) is 0 Å². The van der Waals surface area contributed by atoms with Crippen LogP contribution < -0.4 is 5.36 Å². The van der Waals surface area contributed by atoms with E-state index in [4.69, 9.17) is 5.41 Å². The molecule has 1 aromatic carbocycles. The van der Waals surface area contributed by atoms with Gasteiger partial charge in [0.1, 0.15) is 0 Å². The Hall–Kier alpha value is -1.77. The summed E-state index contributed by atoms with van der Waals surface area (Å²) >= 11 is 0. The van der Waals surface area contributed by atoms with Crippen molar-refractivity contribution in [2.24, 2.45) is 0 Å². The number of hydrogen-bond donors (Lipinski definition) is 2. The maximum absolute atomic E-state index is 9.33. The molecule has 1 heterocycles. The van der Waals surface area contributed by atoms with Crippen molar-refractivity contribution in [3.63, 3.8) is 0 Å². The van der Waals surface area contributed by atoms with E-state index in [-0.39, 0.29) is 0 Å². The molecule has 0 saturated heterocycles. The molecule has 0 fully saturated rings. The number of hydrogen-bond acceptors (Lipinski definition) is 2. The van der Waals surface area contributed by atoms with Crippen LogP contribution in [0.5, 0.6) is 0 Å². The van der Waals surface area contributed by atoms with Gasteiger partial charge in [0, 0.05) is 11.6 Å². The predicted octanol–water partition coefficient (Wildman–Crippen LogP) is 1.36. The molecule has 0 spiro atoms. The number of pyridine rings is 1. The molecule has 0 amide bonds. The van der Waals surface area contributed by atoms with Crippen molar-refractivity contribution in [1.29, 1.82) is 5.41 Å². The monoisotopic (exact) mass is 160 g/mol. The Balaban J connectivity index is 3.05. The number of rotatable bonds is 0. The third kappa shape index (κ3) is 0.871. The molecule has 0 aliphatic rings. The van der Waals surface area contributed by atoms with Crippen molar-refractivity contribution in [2.75, 3.05) is 0 Å². The third-order valence-corrected chi connectivity index (χ3v) is 1.82. The summed E-state index contributed by atoms with van der Waals surface area (Å²) in [6.07, 6.45) is 1.46. The van der Waals surface area contributed by atoms with Crippen LogP contribution in [0.2, 0.25) is 0 Å². The van der Waals surface area contributed by atoms with Gasteiger partial charge in [-0.05, 0) is 12.1 Å². The molecule has 0 radical (unpaired) electrons. The van der Waals surface area contributed by atoms with Gasteiger partial charge in [0.05, 0.1) is 10.9 Å². The average Bonchev–Trinajstić information content (AvgIpc) is 2.12. The second-order valence-corrected chi connectivity index (χ2v) is 2.59. The van der Waals surface area contributed by atoms with Gasteiger partial charge in [-0.15, -0.1) is 0 Å². The van der Waals surface area contributed by atoms with Crippen LogP contribution in [0.1, 0.15) is 0 Å². The van der Waals surface area contributed by atoms with Crippen LogP contribution >= 0.6 is 0 Å². The highest BCUT2D eigenvalue weighted by Crippen LogP contribution is 2.06. The fourth-order valence-electron chi connectivity index (χ4n) is 1.22. The maximum Gasteiger partial charge on any atom is 0.0886 e. The van der Waals surface area contributed by atoms with Crippen LogP contribution in [-0.2, 0) is 0 Å². The number of nitrogens with one attached hydrogen (secondary N) is 1. The molecule has 60 valence electrons. The molecular weight excluding hydrogens is 152 g/mol. The molecule has 2 N–H and O–H groups in total. The summed E-state index contributed by atoms with van der Waals surface area (Å²) in [7, 11) is 0. The number of benzene rings is 1. The lowest BCUT2D eigenvalue weighted by Crippen LogP contribution is -2.05. The number of para-hydroxylation sites is 1. The molecule has 0 unspecified atom stereocenters. The Labute approximate surface area is 69.0 Å². The number of fused-ring (bicyclic) bond motifs is 1. The Bertz CT molecular complexity index is 473. The number of nitrogens with zero attached hydrogens (tertiary/aromatic N) is 1. The zero-order valence-corrected chi connectivity index (χ0v) is 6.36. The molecule has 1 aromatic heterocycles. The summed E-state index contributed by atoms with van der Waals surface area (Å²) < 4.78 is 1.02. The molecule has 0 bridgehead atoms. The van der Waals surface area contributed by atoms with E-state index in [9.17, 15) is 5.21 Å². The first-order valence-corrected chi connectivity index (χ1v) is 3.63. The van der Waals surface area contributed by atoms with Gasteiger partial charge in [0.2, 0.25) is 0 Å². The fraction of sp³-hybridized carbons (Fsp3) is 0. The van der Waals surface area contributed by atoms with Crippen LogP contribution in [-0.4, -0.2) is 9.94 Å². The fourth-order valence-corrected chi connectivity index (χ4v) is 1.22. The molecular formula is C9H8N2O. The molecule has 12 heavy (non-hydrogen) atoms. The van der Waals surface area contributed by atoms with Crippen molar-refractivity contribution < 1.29 is 5.21 Å². The molecule has 0 aliphatic heterocycles. The van der Waals surface area contributed by atoms with Gasteiger partial charge >= 0.3 is 0 Å². The quantitative estimate of drug-likeness (QED) is 0.561. The van der Waals surface area contributed by atoms with Crippen molar-refractivity contribution in [2.45, 2.75) is 0 Å². The third-order valence-electron chi connectivity index (χ3n) is 1.82. The van der Waals surface area contributed by atoms with Crippen molar-refractivity contribution in [3.8, 4) is 0 Å². The van der Waals surface area contributed by atoms with Crippen molar-refractivity contribution in [1.82, 2.24) is 4.73 Å². The first-order chi connectivity index (χ1) is 5.79. The van der Waals surface area contributed by atoms with Gasteiger partial charge in [0.15, 0.2) is 0 Å². The topological polar surface area (TPSA) is 49.0 Å². The van der Waals surface area contributed by atoms with Crippen LogP contribution in [0, 0.1) is 5.41 Å². The number of aromatic nitrogens is 1. The van der Waals surface area contributed by atoms with Gasteiger partial charge in [0.25, 0.3) is 0 Å². The van der Waals surface area contributed by atoms with Gasteiger partial charge in [-0.2, -0.15) is 4.73 Å². The minimum Gasteiger partial charge on any atom is -0.428 e. The maximum atomic E-state index is 9.33. The highest BCUT2D eigenvalue weighted by Gasteiger charge is 1.96. The molecule has 2 aromatic rings. The minimum absolute atomic E-state index is 0.427. The summed E-state index contributed by atoms with van der Waals surface area (Å²) in [5.74, 6) is 0. The van der Waals surface area contributed by atoms with Gasteiger partial charge in [-0.1, -0.05) is 18.2 Å². The Morgan fingerprint density at radius 3 is 2.67 bits per heavy atom. The molecule has 0 atom stereocenters. The molecule has 3 heteroatoms. The van der Waals surface area contributed by atoms with E-state index in [0.717, 1.165) is 10.1 Å². The zero-order valence-electron chi connectivity index (χ0n) is 6.36. The Morgan fingerprint density at radius 2 is 1.92 bits per heavy atom. The van der Waals surface area contributed by atoms with Crippen LogP contribution in [0.15, 0.2) is 36.5 Å². The minimum atomic E-state index is 0.427. The Morgan fingerprint density at radius 1 is 1.17 bits per heavy atom. The second-order valence-electron chi connectivity index (χ2n) is 2.59. The smallest absolute Gasteiger partial charge is 0.0886 e. The van der Waals surface area contributed by atoms with E-state index in [0.29, 0.717) is 10.9 Å². The molecule has 0 aliphatic carbocycles. The van der Waals surface area contributed by atoms with E-state index in [1.807, 2.05) is 18.2 Å². The van der Waals surface area contributed by atoms with E-state index in [1.54, 1.807) is 12.1 Å². The first-order valence-electron chi connectivity index (χ1n) is 3.63. The van der Waals surface area contributed by atoms with Crippen LogP contribution in [0.4, 0.5) is 0 Å². The van der Waals surface area contributed by atoms with E-state index in [2.05, 4.69) is 0 Å². The average molecular weight is 160 g/mol. The summed E-state index contributed by atoms with van der Waals surface area (Å²) in [5, 5.41) is 18.0. The largest absolute Gasteiger partial charge is 0.428 e. The first kappa shape index (κ1) is 6.91. The molecule has 3 nitrogen and oxygen atoms in total. The highest BCUT2D eigenvalue weighted by atomic mass is 16.5. The van der Waals surface area contributed by atoms with Crippen molar-refractivity contribution >= 4 is 10.9 Å². The lowest BCUT2D eigenvalue weighted by atomic mass is 10.2. The van der Waals surface area contributed by atoms with E-state index in [1.165, 1.54) is 6.20 Å². The predicted molar refractivity (Wildman–Crippen MR) is 45.0 cm³/mol. The molecule has 0 saturated carbocycles. The summed E-state index contributed by atoms with van der Waals surface area (Å²) in [5.41, 5.74) is 0.657. The summed E-state index contributed by atoms with van der Waals surface area (Å²) in [6, 6.07) is 8.81. The normalized spacial score (nSPS) is 10.3. The summed E-state index contributed by atoms with van der Waals surface area (Å²) in [4.78, 5) is 0. The van der Waals surface area contributed by atoms with E-state index >= 15 is 0 Å². The Kier molecular flexibility index (Phi) is 1.37. The second kappa shape index (κ2) is 2.37. The SMILES string of the molecule is N=c1ccn(O)c2ccccc12. The van der Waals surface area contributed by atoms with E-state index < -0.39 is 0 Å². The van der Waals surface area contributed by atoms with Crippen LogP contribution in [0.25, 0.3) is 10.9 Å². The summed E-state index contributed by atoms with van der Waals surface area (Å²) in [6.45, 7) is 0. The van der Waals surface area contributed by atoms with Gasteiger partial charge < -0.3 is 10.6 Å². The van der Waals surface area contributed by atoms with Gasteiger partial charge in [-0.25, -0.2) is 0 Å². The lowest BCUT2D eigenvalue weighted by molar-refractivity contribution is 0.198. The lowest BCUT2D eigenvalue weighted by Gasteiger charge is -2.01. The standard InChI is InChI=1S/C9H8N2O/c10-8-5-6-11(12)9-4-2-1-3-7(8)9/h1-6,10,12H. The van der Waals surface area contributed by atoms with Crippen molar-refractivity contribution in [3.05, 3.63) is 41.9 Å².